The molecule has 2 aromatic carbocycles. The summed E-state index contributed by atoms with van der Waals surface area (Å²) in [6.07, 6.45) is -4.60. The number of ether oxygens (including phenoxy) is 1. The average molecular weight is 482 g/mol. The van der Waals surface area contributed by atoms with Gasteiger partial charge in [-0.15, -0.1) is 11.3 Å². The number of rotatable bonds is 4. The van der Waals surface area contributed by atoms with Crippen molar-refractivity contribution in [2.45, 2.75) is 19.1 Å². The Labute approximate surface area is 189 Å². The number of alkyl halides is 3. The van der Waals surface area contributed by atoms with Crippen molar-refractivity contribution < 1.29 is 27.5 Å². The van der Waals surface area contributed by atoms with E-state index >= 15 is 0 Å². The van der Waals surface area contributed by atoms with Gasteiger partial charge >= 0.3 is 6.18 Å². The number of halogens is 4. The van der Waals surface area contributed by atoms with Crippen LogP contribution in [-0.4, -0.2) is 29.4 Å². The Balaban J connectivity index is 1.64. The number of aromatic nitrogens is 1. The molecule has 6 nitrogen and oxygen atoms in total. The minimum atomic E-state index is -4.60. The summed E-state index contributed by atoms with van der Waals surface area (Å²) in [7, 11) is 0. The molecule has 1 N–H and O–H groups in total. The quantitative estimate of drug-likeness (QED) is 0.553. The second kappa shape index (κ2) is 8.44. The van der Waals surface area contributed by atoms with E-state index in [9.17, 15) is 22.8 Å². The van der Waals surface area contributed by atoms with Crippen LogP contribution < -0.4 is 15.0 Å². The third-order valence-corrected chi connectivity index (χ3v) is 5.80. The van der Waals surface area contributed by atoms with E-state index in [-0.39, 0.29) is 17.3 Å². The van der Waals surface area contributed by atoms with Crippen LogP contribution in [0.1, 0.15) is 12.5 Å². The van der Waals surface area contributed by atoms with Gasteiger partial charge in [-0.3, -0.25) is 14.5 Å². The van der Waals surface area contributed by atoms with Crippen molar-refractivity contribution in [2.75, 3.05) is 16.8 Å². The van der Waals surface area contributed by atoms with E-state index in [1.807, 2.05) is 5.38 Å². The highest BCUT2D eigenvalue weighted by Gasteiger charge is 2.35. The Kier molecular flexibility index (Phi) is 5.83. The molecule has 32 heavy (non-hydrogen) atoms. The number of fused-ring (bicyclic) bond motifs is 1. The molecule has 2 heterocycles. The van der Waals surface area contributed by atoms with Crippen LogP contribution in [0, 0.1) is 0 Å². The number of benzene rings is 2. The number of hydrogen-bond acceptors (Lipinski definition) is 5. The summed E-state index contributed by atoms with van der Waals surface area (Å²) < 4.78 is 44.6. The van der Waals surface area contributed by atoms with Crippen LogP contribution in [0.15, 0.2) is 47.3 Å². The Morgan fingerprint density at radius 3 is 2.75 bits per heavy atom. The number of thiazole rings is 1. The maximum atomic E-state index is 13.0. The number of carbonyl (C=O) groups is 2. The van der Waals surface area contributed by atoms with Crippen LogP contribution in [0.4, 0.5) is 24.5 Å². The van der Waals surface area contributed by atoms with Crippen LogP contribution in [0.25, 0.3) is 11.3 Å². The molecular weight excluding hydrogens is 467 g/mol. The zero-order valence-electron chi connectivity index (χ0n) is 16.4. The van der Waals surface area contributed by atoms with Crippen molar-refractivity contribution in [3.63, 3.8) is 0 Å². The lowest BCUT2D eigenvalue weighted by Gasteiger charge is -2.33. The largest absolute Gasteiger partial charge is 0.482 e. The first kappa shape index (κ1) is 22.1. The van der Waals surface area contributed by atoms with E-state index in [2.05, 4.69) is 10.3 Å². The molecule has 0 spiro atoms. The lowest BCUT2D eigenvalue weighted by Crippen LogP contribution is -2.49. The molecule has 1 aromatic heterocycles. The van der Waals surface area contributed by atoms with Gasteiger partial charge in [-0.1, -0.05) is 11.6 Å². The van der Waals surface area contributed by atoms with Gasteiger partial charge < -0.3 is 10.1 Å². The summed E-state index contributed by atoms with van der Waals surface area (Å²) in [6, 6.07) is 6.72. The lowest BCUT2D eigenvalue weighted by atomic mass is 10.1. The minimum Gasteiger partial charge on any atom is -0.482 e. The van der Waals surface area contributed by atoms with Crippen LogP contribution in [-0.2, 0) is 15.8 Å². The first-order valence-electron chi connectivity index (χ1n) is 9.30. The SMILES string of the molecule is CC(C(=O)Nc1cc(C(F)(F)F)ccc1Cl)N1C(=O)COc2ccc(-c3cscn3)cc21. The third kappa shape index (κ3) is 4.28. The summed E-state index contributed by atoms with van der Waals surface area (Å²) in [5.41, 5.74) is 2.30. The number of nitrogens with zero attached hydrogens (tertiary/aromatic N) is 2. The molecule has 1 atom stereocenters. The average Bonchev–Trinajstić information content (AvgIpc) is 3.28. The monoisotopic (exact) mass is 481 g/mol. The molecule has 0 bridgehead atoms. The zero-order chi connectivity index (χ0) is 23.0. The van der Waals surface area contributed by atoms with Gasteiger partial charge in [-0.2, -0.15) is 13.2 Å². The Morgan fingerprint density at radius 1 is 1.28 bits per heavy atom. The van der Waals surface area contributed by atoms with Crippen molar-refractivity contribution >= 4 is 46.1 Å². The second-order valence-electron chi connectivity index (χ2n) is 6.97. The molecule has 166 valence electrons. The molecular formula is C21H15ClF3N3O3S. The van der Waals surface area contributed by atoms with Crippen molar-refractivity contribution in [3.8, 4) is 17.0 Å². The fourth-order valence-corrected chi connectivity index (χ4v) is 3.99. The molecule has 1 aliphatic heterocycles. The standard InChI is InChI=1S/C21H15ClF3N3O3S/c1-11(20(30)27-15-7-13(21(23,24)25)3-4-14(15)22)28-17-6-12(16-9-32-10-26-16)2-5-18(17)31-8-19(28)29/h2-7,9-11H,8H2,1H3,(H,27,30). The predicted molar refractivity (Wildman–Crippen MR) is 115 cm³/mol. The zero-order valence-corrected chi connectivity index (χ0v) is 18.0. The smallest absolute Gasteiger partial charge is 0.416 e. The minimum absolute atomic E-state index is 0.0573. The normalized spacial score (nSPS) is 14.5. The van der Waals surface area contributed by atoms with Crippen molar-refractivity contribution in [1.82, 2.24) is 4.98 Å². The van der Waals surface area contributed by atoms with E-state index in [1.54, 1.807) is 23.7 Å². The van der Waals surface area contributed by atoms with Crippen LogP contribution in [0.5, 0.6) is 5.75 Å². The molecule has 0 aliphatic carbocycles. The van der Waals surface area contributed by atoms with E-state index in [1.165, 1.54) is 23.2 Å². The fourth-order valence-electron chi connectivity index (χ4n) is 3.26. The van der Waals surface area contributed by atoms with E-state index in [0.717, 1.165) is 23.8 Å². The first-order chi connectivity index (χ1) is 15.1. The number of anilines is 2. The highest BCUT2D eigenvalue weighted by atomic mass is 35.5. The maximum Gasteiger partial charge on any atom is 0.416 e. The molecule has 1 aliphatic rings. The molecule has 0 fully saturated rings. The van der Waals surface area contributed by atoms with Gasteiger partial charge in [-0.05, 0) is 43.3 Å². The van der Waals surface area contributed by atoms with Gasteiger partial charge in [0.05, 0.1) is 33.2 Å². The Bertz CT molecular complexity index is 1180. The molecule has 0 radical (unpaired) electrons. The lowest BCUT2D eigenvalue weighted by molar-refractivity contribution is -0.137. The number of amides is 2. The number of hydrogen-bond donors (Lipinski definition) is 1. The summed E-state index contributed by atoms with van der Waals surface area (Å²) in [6.45, 7) is 1.20. The molecule has 3 aromatic rings. The number of nitrogens with one attached hydrogen (secondary N) is 1. The summed E-state index contributed by atoms with van der Waals surface area (Å²) in [5.74, 6) is -0.766. The van der Waals surface area contributed by atoms with E-state index < -0.39 is 29.6 Å². The van der Waals surface area contributed by atoms with Crippen LogP contribution in [0.3, 0.4) is 0 Å². The molecule has 0 saturated carbocycles. The highest BCUT2D eigenvalue weighted by molar-refractivity contribution is 7.07. The van der Waals surface area contributed by atoms with Crippen LogP contribution in [0.2, 0.25) is 5.02 Å². The predicted octanol–water partition coefficient (Wildman–Crippen LogP) is 5.23. The van der Waals surface area contributed by atoms with Gasteiger partial charge in [0.1, 0.15) is 11.8 Å². The summed E-state index contributed by atoms with van der Waals surface area (Å²) in [4.78, 5) is 31.0. The Hall–Kier alpha value is -3.11. The number of carbonyl (C=O) groups excluding carboxylic acids is 2. The van der Waals surface area contributed by atoms with Gasteiger partial charge in [0, 0.05) is 10.9 Å². The second-order valence-corrected chi connectivity index (χ2v) is 8.09. The van der Waals surface area contributed by atoms with Crippen molar-refractivity contribution in [2.24, 2.45) is 0 Å². The van der Waals surface area contributed by atoms with Gasteiger partial charge in [-0.25, -0.2) is 4.98 Å². The van der Waals surface area contributed by atoms with Gasteiger partial charge in [0.15, 0.2) is 6.61 Å². The van der Waals surface area contributed by atoms with Gasteiger partial charge in [0.2, 0.25) is 5.91 Å². The summed E-state index contributed by atoms with van der Waals surface area (Å²) in [5, 5.41) is 4.18. The summed E-state index contributed by atoms with van der Waals surface area (Å²) >= 11 is 7.39. The highest BCUT2D eigenvalue weighted by Crippen LogP contribution is 2.38. The first-order valence-corrected chi connectivity index (χ1v) is 10.6. The van der Waals surface area contributed by atoms with E-state index in [4.69, 9.17) is 16.3 Å². The fraction of sp³-hybridized carbons (Fsp3) is 0.190. The topological polar surface area (TPSA) is 71.5 Å². The van der Waals surface area contributed by atoms with Gasteiger partial charge in [0.25, 0.3) is 5.91 Å². The molecule has 4 rings (SSSR count). The maximum absolute atomic E-state index is 13.0. The molecule has 11 heteroatoms. The Morgan fingerprint density at radius 2 is 2.06 bits per heavy atom. The molecule has 1 unspecified atom stereocenters. The molecule has 2 amide bonds. The third-order valence-electron chi connectivity index (χ3n) is 4.88. The molecule has 0 saturated heterocycles. The van der Waals surface area contributed by atoms with Crippen molar-refractivity contribution in [3.05, 3.63) is 57.9 Å². The van der Waals surface area contributed by atoms with Crippen molar-refractivity contribution in [1.29, 1.82) is 0 Å². The van der Waals surface area contributed by atoms with Crippen LogP contribution >= 0.6 is 22.9 Å². The van der Waals surface area contributed by atoms with E-state index in [0.29, 0.717) is 17.1 Å².